The van der Waals surface area contributed by atoms with E-state index in [1.807, 2.05) is 7.05 Å². The molecular weight excluding hydrogens is 417 g/mol. The normalized spacial score (nSPS) is 14.3. The lowest BCUT2D eigenvalue weighted by molar-refractivity contribution is -0.138. The number of pyridine rings is 1. The fourth-order valence-electron chi connectivity index (χ4n) is 3.98. The van der Waals surface area contributed by atoms with Crippen molar-refractivity contribution < 1.29 is 14.3 Å². The van der Waals surface area contributed by atoms with Crippen molar-refractivity contribution in [1.29, 1.82) is 0 Å². The highest BCUT2D eigenvalue weighted by molar-refractivity contribution is 6.33. The summed E-state index contributed by atoms with van der Waals surface area (Å²) in [6.45, 7) is 1.51. The van der Waals surface area contributed by atoms with E-state index in [1.54, 1.807) is 6.07 Å². The van der Waals surface area contributed by atoms with Crippen LogP contribution in [0.3, 0.4) is 0 Å². The second kappa shape index (κ2) is 11.4. The van der Waals surface area contributed by atoms with Crippen molar-refractivity contribution >= 4 is 23.3 Å². The number of unbranched alkanes of at least 4 members (excludes halogenated alkanes) is 1. The van der Waals surface area contributed by atoms with Crippen molar-refractivity contribution in [1.82, 2.24) is 9.88 Å². The maximum absolute atomic E-state index is 13.6. The summed E-state index contributed by atoms with van der Waals surface area (Å²) >= 11 is 5.93. The molecule has 2 N–H and O–H groups in total. The highest BCUT2D eigenvalue weighted by atomic mass is 35.5. The Morgan fingerprint density at radius 2 is 2.03 bits per heavy atom. The van der Waals surface area contributed by atoms with Crippen molar-refractivity contribution in [2.24, 2.45) is 0 Å². The molecule has 1 aromatic carbocycles. The number of carbonyl (C=O) groups is 1. The maximum atomic E-state index is 13.6. The zero-order valence-electron chi connectivity index (χ0n) is 18.0. The van der Waals surface area contributed by atoms with Gasteiger partial charge in [0.15, 0.2) is 0 Å². The highest BCUT2D eigenvalue weighted by Gasteiger charge is 2.19. The topological polar surface area (TPSA) is 65.5 Å². The number of hydrogen-bond acceptors (Lipinski definition) is 4. The number of aliphatic carboxylic acids is 1. The minimum absolute atomic E-state index is 0.0853. The van der Waals surface area contributed by atoms with Gasteiger partial charge in [0.25, 0.3) is 0 Å². The number of nitrogens with one attached hydrogen (secondary N) is 1. The van der Waals surface area contributed by atoms with Crippen LogP contribution in [-0.4, -0.2) is 47.1 Å². The quantitative estimate of drug-likeness (QED) is 0.476. The number of rotatable bonds is 11. The molecule has 0 saturated carbocycles. The van der Waals surface area contributed by atoms with Crippen LogP contribution in [0.4, 0.5) is 10.1 Å². The standard InChI is InChI=1S/C24H31ClFN3O2/c1-29(15-5-4-8-18-13-12-17-7-2-3-10-20(17)27-18)16-14-22(24(30)31)28-21-11-6-9-19(26)23(21)25/h6,9,11-13,22,28H,2-5,7-8,10,14-16H2,1H3,(H,30,31)/t22-/m0/s1. The summed E-state index contributed by atoms with van der Waals surface area (Å²) in [5.41, 5.74) is 4.17. The molecule has 0 unspecified atom stereocenters. The summed E-state index contributed by atoms with van der Waals surface area (Å²) in [7, 11) is 1.99. The first-order valence-electron chi connectivity index (χ1n) is 11.0. The highest BCUT2D eigenvalue weighted by Crippen LogP contribution is 2.25. The first-order valence-corrected chi connectivity index (χ1v) is 11.4. The molecule has 5 nitrogen and oxygen atoms in total. The van der Waals surface area contributed by atoms with Crippen LogP contribution in [0, 0.1) is 5.82 Å². The molecule has 1 atom stereocenters. The Kier molecular flexibility index (Phi) is 8.67. The van der Waals surface area contributed by atoms with E-state index in [0.717, 1.165) is 38.6 Å². The third-order valence-corrected chi connectivity index (χ3v) is 6.22. The van der Waals surface area contributed by atoms with Crippen molar-refractivity contribution in [3.63, 3.8) is 0 Å². The molecule has 1 aliphatic carbocycles. The summed E-state index contributed by atoms with van der Waals surface area (Å²) < 4.78 is 13.6. The molecule has 0 spiro atoms. The Bertz CT molecular complexity index is 893. The van der Waals surface area contributed by atoms with E-state index in [0.29, 0.717) is 18.7 Å². The fraction of sp³-hybridized carbons (Fsp3) is 0.500. The Morgan fingerprint density at radius 3 is 2.84 bits per heavy atom. The van der Waals surface area contributed by atoms with Gasteiger partial charge in [-0.25, -0.2) is 9.18 Å². The second-order valence-corrected chi connectivity index (χ2v) is 8.68. The summed E-state index contributed by atoms with van der Waals surface area (Å²) in [4.78, 5) is 18.6. The number of anilines is 1. The summed E-state index contributed by atoms with van der Waals surface area (Å²) in [5, 5.41) is 12.3. The zero-order chi connectivity index (χ0) is 22.2. The monoisotopic (exact) mass is 447 g/mol. The van der Waals surface area contributed by atoms with E-state index in [-0.39, 0.29) is 5.02 Å². The number of carboxylic acid groups (broad SMARTS) is 1. The maximum Gasteiger partial charge on any atom is 0.326 e. The van der Waals surface area contributed by atoms with Crippen molar-refractivity contribution in [3.8, 4) is 0 Å². The van der Waals surface area contributed by atoms with Gasteiger partial charge in [0.05, 0.1) is 10.7 Å². The fourth-order valence-corrected chi connectivity index (χ4v) is 4.16. The largest absolute Gasteiger partial charge is 0.480 e. The third-order valence-electron chi connectivity index (χ3n) is 5.84. The van der Waals surface area contributed by atoms with Gasteiger partial charge >= 0.3 is 5.97 Å². The first kappa shape index (κ1) is 23.5. The van der Waals surface area contributed by atoms with Gasteiger partial charge in [0, 0.05) is 17.9 Å². The second-order valence-electron chi connectivity index (χ2n) is 8.30. The minimum Gasteiger partial charge on any atom is -0.480 e. The van der Waals surface area contributed by atoms with Crippen LogP contribution in [0.15, 0.2) is 30.3 Å². The molecule has 2 aromatic rings. The average molecular weight is 448 g/mol. The van der Waals surface area contributed by atoms with E-state index in [2.05, 4.69) is 22.3 Å². The van der Waals surface area contributed by atoms with Crippen LogP contribution in [0.1, 0.15) is 49.1 Å². The van der Waals surface area contributed by atoms with E-state index in [9.17, 15) is 14.3 Å². The molecule has 1 heterocycles. The molecule has 0 bridgehead atoms. The Hall–Kier alpha value is -2.18. The zero-order valence-corrected chi connectivity index (χ0v) is 18.8. The van der Waals surface area contributed by atoms with Crippen molar-refractivity contribution in [3.05, 3.63) is 58.1 Å². The van der Waals surface area contributed by atoms with E-state index in [1.165, 1.54) is 41.9 Å². The van der Waals surface area contributed by atoms with Crippen molar-refractivity contribution in [2.75, 3.05) is 25.5 Å². The molecule has 3 rings (SSSR count). The lowest BCUT2D eigenvalue weighted by atomic mass is 9.95. The molecule has 1 aromatic heterocycles. The van der Waals surface area contributed by atoms with E-state index < -0.39 is 17.8 Å². The Morgan fingerprint density at radius 1 is 1.23 bits per heavy atom. The molecule has 0 radical (unpaired) electrons. The predicted molar refractivity (Wildman–Crippen MR) is 122 cm³/mol. The Labute approximate surface area is 188 Å². The third kappa shape index (κ3) is 6.91. The number of nitrogens with zero attached hydrogens (tertiary/aromatic N) is 2. The van der Waals surface area contributed by atoms with Gasteiger partial charge in [-0.3, -0.25) is 4.98 Å². The number of carboxylic acids is 1. The summed E-state index contributed by atoms with van der Waals surface area (Å²) in [5.74, 6) is -1.55. The van der Waals surface area contributed by atoms with Crippen LogP contribution >= 0.6 is 11.6 Å². The average Bonchev–Trinajstić information content (AvgIpc) is 2.76. The summed E-state index contributed by atoms with van der Waals surface area (Å²) in [6, 6.07) is 7.91. The molecule has 7 heteroatoms. The van der Waals surface area contributed by atoms with Gasteiger partial charge in [-0.2, -0.15) is 0 Å². The smallest absolute Gasteiger partial charge is 0.326 e. The van der Waals surface area contributed by atoms with Crippen LogP contribution in [0.5, 0.6) is 0 Å². The number of halogens is 2. The van der Waals surface area contributed by atoms with Crippen LogP contribution in [-0.2, 0) is 24.1 Å². The molecule has 168 valence electrons. The first-order chi connectivity index (χ1) is 14.9. The molecule has 0 amide bonds. The van der Waals surface area contributed by atoms with Gasteiger partial charge < -0.3 is 15.3 Å². The number of fused-ring (bicyclic) bond motifs is 1. The number of hydrogen-bond donors (Lipinski definition) is 2. The van der Waals surface area contributed by atoms with E-state index >= 15 is 0 Å². The predicted octanol–water partition coefficient (Wildman–Crippen LogP) is 4.96. The molecule has 1 aliphatic rings. The number of aryl methyl sites for hydroxylation is 3. The van der Waals surface area contributed by atoms with Crippen LogP contribution in [0.2, 0.25) is 5.02 Å². The number of aromatic nitrogens is 1. The van der Waals surface area contributed by atoms with Crippen LogP contribution in [0.25, 0.3) is 0 Å². The lowest BCUT2D eigenvalue weighted by Gasteiger charge is -2.21. The lowest BCUT2D eigenvalue weighted by Crippen LogP contribution is -2.34. The van der Waals surface area contributed by atoms with Crippen LogP contribution < -0.4 is 5.32 Å². The van der Waals surface area contributed by atoms with Crippen molar-refractivity contribution in [2.45, 2.75) is 57.4 Å². The SMILES string of the molecule is CN(CCCCc1ccc2c(n1)CCCC2)CC[C@H](Nc1cccc(F)c1Cl)C(=O)O. The molecular formula is C24H31ClFN3O2. The molecule has 31 heavy (non-hydrogen) atoms. The van der Waals surface area contributed by atoms with Gasteiger partial charge in [-0.15, -0.1) is 0 Å². The molecule has 0 saturated heterocycles. The summed E-state index contributed by atoms with van der Waals surface area (Å²) in [6.07, 6.45) is 8.21. The van der Waals surface area contributed by atoms with E-state index in [4.69, 9.17) is 16.6 Å². The Balaban J connectivity index is 1.39. The van der Waals surface area contributed by atoms with Gasteiger partial charge in [0.1, 0.15) is 11.9 Å². The number of benzene rings is 1. The molecule has 0 aliphatic heterocycles. The van der Waals surface area contributed by atoms with Gasteiger partial charge in [-0.1, -0.05) is 23.7 Å². The van der Waals surface area contributed by atoms with Gasteiger partial charge in [0.2, 0.25) is 0 Å². The molecule has 0 fully saturated rings. The minimum atomic E-state index is -0.979. The van der Waals surface area contributed by atoms with Gasteiger partial charge in [-0.05, 0) is 88.7 Å².